The number of halogens is 3. The van der Waals surface area contributed by atoms with Gasteiger partial charge in [-0.1, -0.05) is 12.1 Å². The molecule has 5 aromatic rings. The molecule has 5 aliphatic heterocycles. The number of hydrogen-bond acceptors (Lipinski definition) is 10. The lowest BCUT2D eigenvalue weighted by molar-refractivity contribution is -0.136. The lowest BCUT2D eigenvalue weighted by atomic mass is 9.99. The number of hydrogen-bond donors (Lipinski definition) is 3. The monoisotopic (exact) mass is 881 g/mol. The number of fused-ring (bicyclic) bond motifs is 2. The summed E-state index contributed by atoms with van der Waals surface area (Å²) in [6.45, 7) is 5.03. The number of H-pyrrole nitrogens is 1. The van der Waals surface area contributed by atoms with Crippen molar-refractivity contribution in [2.24, 2.45) is 0 Å². The zero-order valence-corrected chi connectivity index (χ0v) is 34.6. The Balaban J connectivity index is 0.759. The van der Waals surface area contributed by atoms with Gasteiger partial charge >= 0.3 is 10.2 Å². The van der Waals surface area contributed by atoms with Gasteiger partial charge < -0.3 is 19.7 Å². The molecule has 1 unspecified atom stereocenters. The average Bonchev–Trinajstić information content (AvgIpc) is 3.98. The molecule has 0 bridgehead atoms. The molecule has 19 heteroatoms. The summed E-state index contributed by atoms with van der Waals surface area (Å²) in [7, 11) is -4.36. The molecule has 2 aromatic heterocycles. The van der Waals surface area contributed by atoms with Crippen LogP contribution in [0.15, 0.2) is 73.1 Å². The van der Waals surface area contributed by atoms with Crippen molar-refractivity contribution in [3.05, 3.63) is 107 Å². The maximum atomic E-state index is 15.7. The van der Waals surface area contributed by atoms with Gasteiger partial charge in [-0.2, -0.15) is 12.7 Å². The van der Waals surface area contributed by atoms with Crippen LogP contribution in [0, 0.1) is 11.6 Å². The second kappa shape index (κ2) is 15.8. The summed E-state index contributed by atoms with van der Waals surface area (Å²) in [6, 6.07) is 17.0. The number of benzene rings is 3. The van der Waals surface area contributed by atoms with Gasteiger partial charge in [-0.15, -0.1) is 0 Å². The van der Waals surface area contributed by atoms with Crippen LogP contribution in [0.1, 0.15) is 51.1 Å². The van der Waals surface area contributed by atoms with Gasteiger partial charge in [0.25, 0.3) is 5.91 Å². The minimum atomic E-state index is -4.36. The number of rotatable bonds is 10. The lowest BCUT2D eigenvalue weighted by Crippen LogP contribution is -2.63. The quantitative estimate of drug-likeness (QED) is 0.136. The number of pyridine rings is 1. The Morgan fingerprint density at radius 3 is 2.33 bits per heavy atom. The highest BCUT2D eigenvalue weighted by atomic mass is 32.2. The standard InChI is InChI=1S/C44H42F3N9O6S/c45-28-11-12-55(22-28)63(61,62)51-36-8-7-35(46)39(40(36)47)41(58)34-20-49-42-33(34)18-26(19-48-42)25-1-3-29(4-2-25)52-13-15-53(16-14-52)31-23-54(24-31)30-5-6-32-27(17-30)21-56(44(32)60)37-9-10-38(57)50-43(37)59/h1-8,17-20,28,31,37,51H,9-16,21-24H2,(H,48,49)(H,50,57,59)/t28-,37?/m1/s1. The summed E-state index contributed by atoms with van der Waals surface area (Å²) in [6.07, 6.45) is 2.14. The first kappa shape index (κ1) is 40.7. The van der Waals surface area contributed by atoms with Crippen molar-refractivity contribution in [3.8, 4) is 11.1 Å². The minimum absolute atomic E-state index is 0.000852. The summed E-state index contributed by atoms with van der Waals surface area (Å²) in [5, 5.41) is 2.67. The number of piperazine rings is 1. The number of aromatic amines is 1. The molecular weight excluding hydrogens is 840 g/mol. The molecule has 4 fully saturated rings. The van der Waals surface area contributed by atoms with E-state index in [1.54, 1.807) is 17.2 Å². The summed E-state index contributed by atoms with van der Waals surface area (Å²) < 4.78 is 73.0. The molecule has 0 aliphatic carbocycles. The molecule has 4 saturated heterocycles. The van der Waals surface area contributed by atoms with Crippen LogP contribution in [0.25, 0.3) is 22.2 Å². The topological polar surface area (TPSA) is 171 Å². The van der Waals surface area contributed by atoms with Crippen LogP contribution in [-0.2, 0) is 26.3 Å². The molecule has 3 aromatic carbocycles. The first-order valence-corrected chi connectivity index (χ1v) is 22.3. The smallest absolute Gasteiger partial charge is 0.301 e. The second-order valence-electron chi connectivity index (χ2n) is 16.7. The molecule has 0 saturated carbocycles. The molecule has 0 radical (unpaired) electrons. The fraction of sp³-hybridized carbons (Fsp3) is 0.341. The third-order valence-corrected chi connectivity index (χ3v) is 14.4. The van der Waals surface area contributed by atoms with Crippen LogP contribution < -0.4 is 19.8 Å². The number of piperidine rings is 1. The molecule has 3 N–H and O–H groups in total. The van der Waals surface area contributed by atoms with E-state index >= 15 is 8.78 Å². The van der Waals surface area contributed by atoms with Crippen molar-refractivity contribution in [1.29, 1.82) is 0 Å². The fourth-order valence-electron chi connectivity index (χ4n) is 9.30. The molecule has 326 valence electrons. The molecule has 15 nitrogen and oxygen atoms in total. The Kier molecular flexibility index (Phi) is 10.2. The van der Waals surface area contributed by atoms with E-state index in [0.717, 1.165) is 78.2 Å². The predicted molar refractivity (Wildman–Crippen MR) is 227 cm³/mol. The number of aromatic nitrogens is 2. The lowest BCUT2D eigenvalue weighted by Gasteiger charge is -2.49. The minimum Gasteiger partial charge on any atom is -0.369 e. The van der Waals surface area contributed by atoms with Gasteiger partial charge in [0.05, 0.1) is 11.3 Å². The Morgan fingerprint density at radius 2 is 1.60 bits per heavy atom. The van der Waals surface area contributed by atoms with Gasteiger partial charge in [0, 0.05) is 117 Å². The fourth-order valence-corrected chi connectivity index (χ4v) is 10.6. The molecule has 3 amide bonds. The number of alkyl halides is 1. The molecule has 63 heavy (non-hydrogen) atoms. The molecule has 7 heterocycles. The first-order chi connectivity index (χ1) is 30.3. The number of nitrogens with zero attached hydrogens (tertiary/aromatic N) is 6. The Morgan fingerprint density at radius 1 is 0.841 bits per heavy atom. The van der Waals surface area contributed by atoms with Crippen LogP contribution in [0.3, 0.4) is 0 Å². The highest BCUT2D eigenvalue weighted by Gasteiger charge is 2.40. The molecule has 10 rings (SSSR count). The van der Waals surface area contributed by atoms with Crippen LogP contribution in [0.4, 0.5) is 30.2 Å². The van der Waals surface area contributed by atoms with E-state index in [1.165, 1.54) is 6.20 Å². The highest BCUT2D eigenvalue weighted by Crippen LogP contribution is 2.35. The SMILES string of the molecule is O=C1CCC(N2Cc3cc(N4CC(N5CCN(c6ccc(-c7cnc8[nH]cc(C(=O)c9c(F)ccc(NS(=O)(=O)N%10CC[C@@H](F)C%10)c9F)c8c7)cc6)CC5)C4)ccc3C2=O)C(=O)N1. The van der Waals surface area contributed by atoms with Crippen molar-refractivity contribution >= 4 is 61.8 Å². The van der Waals surface area contributed by atoms with Gasteiger partial charge in [0.2, 0.25) is 17.6 Å². The largest absolute Gasteiger partial charge is 0.369 e. The Bertz CT molecular complexity index is 2810. The van der Waals surface area contributed by atoms with Crippen molar-refractivity contribution < 1.29 is 40.8 Å². The van der Waals surface area contributed by atoms with E-state index in [2.05, 4.69) is 30.0 Å². The highest BCUT2D eigenvalue weighted by molar-refractivity contribution is 7.90. The van der Waals surface area contributed by atoms with Gasteiger partial charge in [0.15, 0.2) is 5.82 Å². The van der Waals surface area contributed by atoms with Gasteiger partial charge in [-0.25, -0.2) is 18.2 Å². The van der Waals surface area contributed by atoms with Crippen molar-refractivity contribution in [1.82, 2.24) is 29.4 Å². The number of amides is 3. The van der Waals surface area contributed by atoms with Crippen LogP contribution >= 0.6 is 0 Å². The third kappa shape index (κ3) is 7.46. The number of carbonyl (C=O) groups excluding carboxylic acids is 4. The summed E-state index contributed by atoms with van der Waals surface area (Å²) >= 11 is 0. The Hall–Kier alpha value is -6.31. The van der Waals surface area contributed by atoms with Gasteiger partial charge in [-0.3, -0.25) is 34.1 Å². The first-order valence-electron chi connectivity index (χ1n) is 20.8. The van der Waals surface area contributed by atoms with Crippen LogP contribution in [-0.4, -0.2) is 127 Å². The maximum Gasteiger partial charge on any atom is 0.301 e. The van der Waals surface area contributed by atoms with Crippen LogP contribution in [0.5, 0.6) is 0 Å². The van der Waals surface area contributed by atoms with E-state index in [4.69, 9.17) is 0 Å². The molecular formula is C44H42F3N9O6S. The van der Waals surface area contributed by atoms with Gasteiger partial charge in [-0.05, 0) is 72.5 Å². The number of nitrogens with one attached hydrogen (secondary N) is 3. The van der Waals surface area contributed by atoms with E-state index in [9.17, 15) is 32.0 Å². The number of carbonyl (C=O) groups is 4. The van der Waals surface area contributed by atoms with E-state index in [-0.39, 0.29) is 43.3 Å². The number of anilines is 3. The van der Waals surface area contributed by atoms with E-state index in [0.29, 0.717) is 41.2 Å². The summed E-state index contributed by atoms with van der Waals surface area (Å²) in [4.78, 5) is 67.0. The number of ketones is 1. The van der Waals surface area contributed by atoms with E-state index in [1.807, 2.05) is 47.2 Å². The predicted octanol–water partition coefficient (Wildman–Crippen LogP) is 4.21. The van der Waals surface area contributed by atoms with Crippen LogP contribution in [0.2, 0.25) is 0 Å². The number of imide groups is 1. The van der Waals surface area contributed by atoms with Crippen molar-refractivity contribution in [2.45, 2.75) is 44.1 Å². The van der Waals surface area contributed by atoms with Crippen molar-refractivity contribution in [2.75, 3.05) is 66.9 Å². The summed E-state index contributed by atoms with van der Waals surface area (Å²) in [5.74, 6) is -4.48. The molecule has 5 aliphatic rings. The molecule has 2 atom stereocenters. The van der Waals surface area contributed by atoms with Crippen molar-refractivity contribution in [3.63, 3.8) is 0 Å². The second-order valence-corrected chi connectivity index (χ2v) is 18.3. The average molecular weight is 882 g/mol. The van der Waals surface area contributed by atoms with E-state index < -0.39 is 57.0 Å². The van der Waals surface area contributed by atoms with Gasteiger partial charge in [0.1, 0.15) is 23.7 Å². The molecule has 0 spiro atoms. The zero-order chi connectivity index (χ0) is 43.7. The third-order valence-electron chi connectivity index (χ3n) is 12.9. The summed E-state index contributed by atoms with van der Waals surface area (Å²) in [5.41, 5.74) is 3.76. The normalized spacial score (nSPS) is 21.3. The zero-order valence-electron chi connectivity index (χ0n) is 33.8. The Labute approximate surface area is 360 Å². The maximum absolute atomic E-state index is 15.7.